The van der Waals surface area contributed by atoms with Gasteiger partial charge in [0.2, 0.25) is 0 Å². The van der Waals surface area contributed by atoms with Gasteiger partial charge in [0, 0.05) is 5.56 Å². The average Bonchev–Trinajstić information content (AvgIpc) is 3.43. The topological polar surface area (TPSA) is 178 Å². The lowest BCUT2D eigenvalue weighted by Gasteiger charge is -2.50. The highest BCUT2D eigenvalue weighted by atomic mass is 32.2. The van der Waals surface area contributed by atoms with E-state index in [-0.39, 0.29) is 34.4 Å². The molecule has 0 amide bonds. The van der Waals surface area contributed by atoms with Crippen molar-refractivity contribution in [2.75, 3.05) is 19.0 Å². The molecule has 0 aliphatic carbocycles. The van der Waals surface area contributed by atoms with E-state index in [4.69, 9.17) is 47.4 Å². The second-order valence-electron chi connectivity index (χ2n) is 16.7. The summed E-state index contributed by atoms with van der Waals surface area (Å²) < 4.78 is 64.6. The molecule has 0 bridgehead atoms. The van der Waals surface area contributed by atoms with Crippen LogP contribution in [0.2, 0.25) is 0 Å². The quantitative estimate of drug-likeness (QED) is 0.0666. The van der Waals surface area contributed by atoms with Crippen molar-refractivity contribution in [2.45, 2.75) is 73.8 Å². The Bertz CT molecular complexity index is 2740. The summed E-state index contributed by atoms with van der Waals surface area (Å²) in [6.45, 7) is 1.26. The maximum Gasteiger partial charge on any atom is 0.338 e. The number of rotatable bonds is 16. The molecule has 6 aromatic carbocycles. The Hall–Kier alpha value is -7.18. The minimum atomic E-state index is -1.70. The van der Waals surface area contributed by atoms with Gasteiger partial charge in [0.1, 0.15) is 36.5 Å². The SMILES string of the molecule is CCS[C@@H]1O[C@H](COC(=O)c2ccccc2)[C@@H](O[C@@H]2O[C@@H]3COC(c4ccccc4)O[C@H]3[C@H](OC(=O)c3ccccc3)[C@H]2OC(=O)c2ccccc2)[C@H](OC(=O)c2ccccc2)[C@H]1OC(=O)c1ccccc1. The molecule has 3 saturated heterocycles. The Morgan fingerprint density at radius 1 is 0.472 bits per heavy atom. The molecule has 0 N–H and O–H groups in total. The first-order valence-corrected chi connectivity index (χ1v) is 24.4. The average molecular weight is 995 g/mol. The third kappa shape index (κ3) is 11.9. The van der Waals surface area contributed by atoms with Crippen LogP contribution in [0.1, 0.15) is 70.6 Å². The van der Waals surface area contributed by atoms with Crippen molar-refractivity contribution in [3.05, 3.63) is 215 Å². The molecule has 0 saturated carbocycles. The van der Waals surface area contributed by atoms with Crippen molar-refractivity contribution in [3.8, 4) is 0 Å². The van der Waals surface area contributed by atoms with Crippen LogP contribution in [0.3, 0.4) is 0 Å². The molecule has 0 spiro atoms. The van der Waals surface area contributed by atoms with Crippen LogP contribution in [-0.2, 0) is 47.4 Å². The third-order valence-electron chi connectivity index (χ3n) is 12.0. The van der Waals surface area contributed by atoms with Gasteiger partial charge >= 0.3 is 29.8 Å². The summed E-state index contributed by atoms with van der Waals surface area (Å²) in [4.78, 5) is 70.6. The van der Waals surface area contributed by atoms with Gasteiger partial charge in [-0.3, -0.25) is 0 Å². The van der Waals surface area contributed by atoms with E-state index in [1.54, 1.807) is 152 Å². The number of ether oxygens (including phenoxy) is 10. The normalized spacial score (nSPS) is 25.7. The van der Waals surface area contributed by atoms with E-state index in [0.717, 1.165) is 0 Å². The molecule has 6 aromatic rings. The molecule has 9 rings (SSSR count). The summed E-state index contributed by atoms with van der Waals surface area (Å²) in [7, 11) is 0. The number of benzene rings is 6. The van der Waals surface area contributed by atoms with Crippen molar-refractivity contribution in [2.24, 2.45) is 0 Å². The zero-order valence-corrected chi connectivity index (χ0v) is 39.6. The van der Waals surface area contributed by atoms with E-state index in [1.165, 1.54) is 11.8 Å². The van der Waals surface area contributed by atoms with E-state index in [9.17, 15) is 24.0 Å². The van der Waals surface area contributed by atoms with Crippen molar-refractivity contribution in [1.82, 2.24) is 0 Å². The summed E-state index contributed by atoms with van der Waals surface area (Å²) in [6, 6.07) is 50.2. The highest BCUT2D eigenvalue weighted by molar-refractivity contribution is 7.99. The van der Waals surface area contributed by atoms with Gasteiger partial charge in [-0.2, -0.15) is 0 Å². The van der Waals surface area contributed by atoms with Crippen molar-refractivity contribution in [3.63, 3.8) is 0 Å². The zero-order valence-electron chi connectivity index (χ0n) is 38.8. The summed E-state index contributed by atoms with van der Waals surface area (Å²) in [5, 5.41) is 0. The molecule has 3 heterocycles. The number of thioether (sulfide) groups is 1. The van der Waals surface area contributed by atoms with Gasteiger partial charge < -0.3 is 47.4 Å². The predicted molar refractivity (Wildman–Crippen MR) is 260 cm³/mol. The van der Waals surface area contributed by atoms with Crippen molar-refractivity contribution < 1.29 is 71.3 Å². The lowest BCUT2D eigenvalue weighted by molar-refractivity contribution is -0.375. The number of esters is 5. The summed E-state index contributed by atoms with van der Waals surface area (Å²) in [5.74, 6) is -3.45. The Morgan fingerprint density at radius 2 is 0.889 bits per heavy atom. The van der Waals surface area contributed by atoms with E-state index in [2.05, 4.69) is 0 Å². The maximum atomic E-state index is 14.3. The van der Waals surface area contributed by atoms with Gasteiger partial charge in [0.15, 0.2) is 37.0 Å². The first-order chi connectivity index (χ1) is 35.2. The fraction of sp³-hybridized carbons (Fsp3) is 0.268. The summed E-state index contributed by atoms with van der Waals surface area (Å²) in [6.07, 6.45) is -13.7. The Labute approximate surface area is 419 Å². The van der Waals surface area contributed by atoms with Gasteiger partial charge in [-0.15, -0.1) is 11.8 Å². The van der Waals surface area contributed by atoms with E-state index in [0.29, 0.717) is 11.3 Å². The molecule has 3 aliphatic rings. The maximum absolute atomic E-state index is 14.3. The number of hydrogen-bond donors (Lipinski definition) is 0. The number of fused-ring (bicyclic) bond motifs is 1. The zero-order chi connectivity index (χ0) is 49.8. The highest BCUT2D eigenvalue weighted by Gasteiger charge is 2.58. The summed E-state index contributed by atoms with van der Waals surface area (Å²) in [5.41, 5.74) is 0.568. The molecule has 15 nitrogen and oxygen atoms in total. The van der Waals surface area contributed by atoms with Crippen molar-refractivity contribution >= 4 is 41.6 Å². The molecule has 3 aliphatic heterocycles. The summed E-state index contributed by atoms with van der Waals surface area (Å²) >= 11 is 1.25. The fourth-order valence-electron chi connectivity index (χ4n) is 8.46. The van der Waals surface area contributed by atoms with E-state index >= 15 is 0 Å². The molecular weight excluding hydrogens is 945 g/mol. The predicted octanol–water partition coefficient (Wildman–Crippen LogP) is 8.45. The van der Waals surface area contributed by atoms with Crippen LogP contribution in [-0.4, -0.2) is 109 Å². The molecular formula is C56H50O15S. The van der Waals surface area contributed by atoms with Gasteiger partial charge in [0.05, 0.1) is 34.4 Å². The molecule has 0 aromatic heterocycles. The smallest absolute Gasteiger partial charge is 0.338 e. The van der Waals surface area contributed by atoms with Crippen LogP contribution in [0.5, 0.6) is 0 Å². The van der Waals surface area contributed by atoms with Crippen LogP contribution in [0, 0.1) is 0 Å². The standard InChI is InChI=1S/C56H50O15S/c1-2-72-56-48(69-53(61)39-29-17-7-18-30-39)46(67-51(59)37-25-13-5-14-26-37)44(42(65-56)33-62-49(57)35-21-9-3-10-22-35)71-55-47(68-52(60)38-27-15-6-16-28-38)45(66-50(58)36-23-11-4-12-24-36)43-41(64-55)34-63-54(70-43)40-31-19-8-20-32-40/h3-32,41-48,54-56H,2,33-34H2,1H3/t41-,42-,43-,44-,45+,46+,47-,48-,54?,55+,56+/m1/s1. The lowest BCUT2D eigenvalue weighted by Crippen LogP contribution is -2.67. The van der Waals surface area contributed by atoms with E-state index in [1.807, 2.05) is 37.3 Å². The molecule has 11 atom stereocenters. The second kappa shape index (κ2) is 23.8. The molecule has 0 radical (unpaired) electrons. The van der Waals surface area contributed by atoms with Crippen molar-refractivity contribution in [1.29, 1.82) is 0 Å². The van der Waals surface area contributed by atoms with Crippen LogP contribution in [0.25, 0.3) is 0 Å². The number of carbonyl (C=O) groups is 5. The largest absolute Gasteiger partial charge is 0.459 e. The van der Waals surface area contributed by atoms with Gasteiger partial charge in [-0.1, -0.05) is 128 Å². The first kappa shape index (κ1) is 49.8. The van der Waals surface area contributed by atoms with Crippen LogP contribution >= 0.6 is 11.8 Å². The molecule has 16 heteroatoms. The van der Waals surface area contributed by atoms with Gasteiger partial charge in [-0.05, 0) is 66.4 Å². The molecule has 72 heavy (non-hydrogen) atoms. The molecule has 1 unspecified atom stereocenters. The van der Waals surface area contributed by atoms with Gasteiger partial charge in [-0.25, -0.2) is 24.0 Å². The fourth-order valence-corrected chi connectivity index (χ4v) is 9.41. The van der Waals surface area contributed by atoms with Crippen LogP contribution in [0.4, 0.5) is 0 Å². The van der Waals surface area contributed by atoms with Gasteiger partial charge in [0.25, 0.3) is 0 Å². The Balaban J connectivity index is 1.15. The number of carbonyl (C=O) groups excluding carboxylic acids is 5. The molecule has 3 fully saturated rings. The van der Waals surface area contributed by atoms with E-state index < -0.39 is 103 Å². The Morgan fingerprint density at radius 3 is 1.36 bits per heavy atom. The lowest BCUT2D eigenvalue weighted by atomic mass is 9.95. The van der Waals surface area contributed by atoms with Crippen LogP contribution in [0.15, 0.2) is 182 Å². The second-order valence-corrected chi connectivity index (χ2v) is 18.1. The minimum Gasteiger partial charge on any atom is -0.459 e. The van der Waals surface area contributed by atoms with Crippen LogP contribution < -0.4 is 0 Å². The highest BCUT2D eigenvalue weighted by Crippen LogP contribution is 2.41. The first-order valence-electron chi connectivity index (χ1n) is 23.4. The monoisotopic (exact) mass is 994 g/mol. The molecule has 370 valence electrons. The third-order valence-corrected chi connectivity index (χ3v) is 13.0. The number of hydrogen-bond acceptors (Lipinski definition) is 16. The minimum absolute atomic E-state index is 0.124. The Kier molecular flexibility index (Phi) is 16.5.